The lowest BCUT2D eigenvalue weighted by molar-refractivity contribution is 0.0744. The van der Waals surface area contributed by atoms with Crippen molar-refractivity contribution in [2.24, 2.45) is 0 Å². The summed E-state index contributed by atoms with van der Waals surface area (Å²) in [6.45, 7) is 37.3. The fourth-order valence-corrected chi connectivity index (χ4v) is 20.3. The number of fused-ring (bicyclic) bond motifs is 15. The Bertz CT molecular complexity index is 5580. The number of anilines is 5. The Labute approximate surface area is 865 Å². The third kappa shape index (κ3) is 28.7. The molecule has 0 atom stereocenters. The zero-order valence-electron chi connectivity index (χ0n) is 91.3. The van der Waals surface area contributed by atoms with Crippen molar-refractivity contribution in [2.45, 2.75) is 332 Å². The fourth-order valence-electron chi connectivity index (χ4n) is 20.3. The number of hydrogen-bond donors (Lipinski definition) is 10. The number of nitrogens with zero attached hydrogens (tertiary/aromatic N) is 21. The first-order valence-electron chi connectivity index (χ1n) is 54.6. The van der Waals surface area contributed by atoms with Gasteiger partial charge in [0.2, 0.25) is 29.7 Å². The molecular weight excluding hydrogens is 1840 g/mol. The first-order valence-corrected chi connectivity index (χ1v) is 54.6. The quantitative estimate of drug-likeness (QED) is 0.0359. The third-order valence-electron chi connectivity index (χ3n) is 28.6. The van der Waals surface area contributed by atoms with Crippen molar-refractivity contribution in [3.05, 3.63) is 156 Å². The van der Waals surface area contributed by atoms with Crippen LogP contribution >= 0.6 is 0 Å². The second-order valence-corrected chi connectivity index (χ2v) is 37.3. The molecule has 36 heteroatoms. The van der Waals surface area contributed by atoms with Gasteiger partial charge in [0.1, 0.15) is 56.7 Å². The van der Waals surface area contributed by atoms with Gasteiger partial charge in [-0.15, -0.1) is 0 Å². The number of carbonyl (C=O) groups excluding carboxylic acids is 5. The molecule has 146 heavy (non-hydrogen) atoms. The molecule has 10 aliphatic rings. The van der Waals surface area contributed by atoms with E-state index in [1.165, 1.54) is 49.7 Å². The van der Waals surface area contributed by atoms with Crippen LogP contribution in [0.5, 0.6) is 0 Å². The summed E-state index contributed by atoms with van der Waals surface area (Å²) in [6, 6.07) is 29.2. The number of rotatable bonds is 19. The van der Waals surface area contributed by atoms with E-state index in [-0.39, 0.29) is 29.5 Å². The fraction of sp³-hybridized carbons (Fsp3) is 0.582. The molecule has 0 spiro atoms. The van der Waals surface area contributed by atoms with E-state index in [4.69, 9.17) is 24.9 Å². The maximum Gasteiger partial charge on any atom is 0.270 e. The number of benzene rings is 1. The molecule has 0 bridgehead atoms. The Kier molecular flexibility index (Phi) is 44.5. The zero-order chi connectivity index (χ0) is 105. The predicted octanol–water partition coefficient (Wildman–Crippen LogP) is 17.0. The van der Waals surface area contributed by atoms with Crippen LogP contribution in [0.2, 0.25) is 0 Å². The summed E-state index contributed by atoms with van der Waals surface area (Å²) in [5.74, 6) is 3.59. The molecule has 11 aromatic heterocycles. The highest BCUT2D eigenvalue weighted by molar-refractivity contribution is 6.02. The molecule has 36 nitrogen and oxygen atoms in total. The second kappa shape index (κ2) is 57.1. The monoisotopic (exact) mass is 2000 g/mol. The first-order chi connectivity index (χ1) is 71.3. The zero-order valence-corrected chi connectivity index (χ0v) is 91.3. The van der Waals surface area contributed by atoms with Gasteiger partial charge in [-0.2, -0.15) is 24.9 Å². The van der Waals surface area contributed by atoms with Crippen molar-refractivity contribution in [1.82, 2.24) is 129 Å². The number of carbonyl (C=O) groups is 5. The second-order valence-electron chi connectivity index (χ2n) is 37.3. The van der Waals surface area contributed by atoms with Gasteiger partial charge in [-0.1, -0.05) is 133 Å². The van der Waals surface area contributed by atoms with Gasteiger partial charge >= 0.3 is 0 Å². The number of nitrogens with one attached hydrogen (secondary N) is 10. The topological polar surface area (TPSA) is 388 Å². The molecule has 5 amide bonds. The van der Waals surface area contributed by atoms with Gasteiger partial charge in [0.05, 0.1) is 0 Å². The molecule has 794 valence electrons. The van der Waals surface area contributed by atoms with Crippen molar-refractivity contribution in [1.29, 1.82) is 0 Å². The summed E-state index contributed by atoms with van der Waals surface area (Å²) >= 11 is 0. The summed E-state index contributed by atoms with van der Waals surface area (Å²) in [4.78, 5) is 121. The van der Waals surface area contributed by atoms with Crippen molar-refractivity contribution >= 4 is 114 Å². The van der Waals surface area contributed by atoms with E-state index in [0.717, 1.165) is 211 Å². The smallest absolute Gasteiger partial charge is 0.270 e. The van der Waals surface area contributed by atoms with Crippen LogP contribution < -0.4 is 53.2 Å². The van der Waals surface area contributed by atoms with Gasteiger partial charge in [0, 0.05) is 245 Å². The van der Waals surface area contributed by atoms with E-state index < -0.39 is 0 Å². The summed E-state index contributed by atoms with van der Waals surface area (Å²) in [5.41, 5.74) is 10.3. The molecule has 5 saturated carbocycles. The molecule has 5 aliphatic carbocycles. The lowest BCUT2D eigenvalue weighted by Gasteiger charge is -2.30. The van der Waals surface area contributed by atoms with Crippen molar-refractivity contribution < 1.29 is 24.0 Å². The minimum atomic E-state index is 0.0471. The van der Waals surface area contributed by atoms with Crippen LogP contribution in [0, 0.1) is 0 Å². The standard InChI is InChI=1S/C23H28N6O.C22H27N7O.3C17H24N6O.7C2H6/c1-28-11-12-29-20(22(28)30)13-17-15-25-23(27-21(17)29)26-19-9-7-18(8-10-19)24-14-16-5-3-2-4-6-16;1-28-9-10-29-19(21(28)30)11-16-14-25-22(27-20(16)29)26-18-6-4-17(5-7-18)24-13-15-3-2-8-23-12-15;3*1-18-12-3-5-13(6-4-12)20-17-19-10-11-9-14-16(24)22(2)7-8-23(14)15(11)21-17;7*1-2/h2-6,13,15,18-19,24H,7-12,14H2,1H3,(H,25,26,27);2-3,8,11-12,14,17-18,24H,4-7,9-10,13H2,1H3,(H,25,26,27);3*9-10,12-13,18H,3-8H2,1-2H3,(H,19,20,21);7*1-2H3. The summed E-state index contributed by atoms with van der Waals surface area (Å²) in [5, 5.41) is 39.5. The van der Waals surface area contributed by atoms with E-state index in [9.17, 15) is 24.0 Å². The highest BCUT2D eigenvalue weighted by Crippen LogP contribution is 2.34. The molecule has 16 heterocycles. The maximum absolute atomic E-state index is 12.4. The Morgan fingerprint density at radius 2 is 0.459 bits per heavy atom. The molecule has 10 N–H and O–H groups in total. The van der Waals surface area contributed by atoms with Crippen molar-refractivity contribution in [2.75, 3.05) is 116 Å². The highest BCUT2D eigenvalue weighted by atomic mass is 16.2. The van der Waals surface area contributed by atoms with E-state index >= 15 is 0 Å². The molecule has 12 aromatic rings. The van der Waals surface area contributed by atoms with Crippen LogP contribution in [0.25, 0.3) is 55.2 Å². The van der Waals surface area contributed by atoms with Gasteiger partial charge in [-0.3, -0.25) is 29.0 Å². The van der Waals surface area contributed by atoms with E-state index in [1.807, 2.05) is 250 Å². The Hall–Kier alpha value is -12.4. The molecule has 0 unspecified atom stereocenters. The SMILES string of the molecule is CC.CC.CC.CC.CC.CC.CC.CN1CCn2c(cc3cnc(NC4CCC(NCc5ccccc5)CC4)nc32)C1=O.CN1CCn2c(cc3cnc(NC4CCC(NCc5cccnc5)CC4)nc32)C1=O.CNC1CCC(Nc2ncc3cc4n(c3n2)CCN(C)C4=O)CC1.CNC1CCC(Nc2ncc3cc4n(c3n2)CCN(C)C4=O)CC1.CNC1CCC(Nc2ncc3cc4n(c3n2)CCN(C)C4=O)CC1. The van der Waals surface area contributed by atoms with Gasteiger partial charge < -0.3 is 101 Å². The van der Waals surface area contributed by atoms with E-state index in [0.29, 0.717) is 132 Å². The Morgan fingerprint density at radius 1 is 0.253 bits per heavy atom. The maximum atomic E-state index is 12.4. The van der Waals surface area contributed by atoms with Crippen LogP contribution in [0.1, 0.15) is 289 Å². The number of likely N-dealkylation sites (N-methyl/N-ethyl adjacent to an activating group) is 5. The summed E-state index contributed by atoms with van der Waals surface area (Å²) in [6.07, 6.45) is 35.6. The summed E-state index contributed by atoms with van der Waals surface area (Å²) in [7, 11) is 15.3. The highest BCUT2D eigenvalue weighted by Gasteiger charge is 2.34. The average Bonchev–Trinajstić information content (AvgIpc) is 1.64. The summed E-state index contributed by atoms with van der Waals surface area (Å²) < 4.78 is 10.1. The van der Waals surface area contributed by atoms with E-state index in [1.54, 1.807) is 30.7 Å². The molecule has 1 aromatic carbocycles. The number of hydrogen-bond acceptors (Lipinski definition) is 26. The van der Waals surface area contributed by atoms with Gasteiger partial charge in [0.15, 0.2) is 0 Å². The van der Waals surface area contributed by atoms with Crippen LogP contribution in [0.3, 0.4) is 0 Å². The molecule has 0 saturated heterocycles. The number of aromatic nitrogens is 16. The van der Waals surface area contributed by atoms with Gasteiger partial charge in [0.25, 0.3) is 29.5 Å². The molecule has 22 rings (SSSR count). The molecule has 0 radical (unpaired) electrons. The van der Waals surface area contributed by atoms with Crippen molar-refractivity contribution in [3.63, 3.8) is 0 Å². The largest absolute Gasteiger partial charge is 0.351 e. The van der Waals surface area contributed by atoms with Crippen LogP contribution in [-0.2, 0) is 45.8 Å². The first kappa shape index (κ1) is 114. The average molecular weight is 2010 g/mol. The molecule has 5 fully saturated rings. The normalized spacial score (nSPS) is 21.1. The molecule has 5 aliphatic heterocycles. The van der Waals surface area contributed by atoms with Crippen molar-refractivity contribution in [3.8, 4) is 0 Å². The lowest BCUT2D eigenvalue weighted by Crippen LogP contribution is -2.37. The van der Waals surface area contributed by atoms with E-state index in [2.05, 4.69) is 119 Å². The number of amides is 5. The minimum absolute atomic E-state index is 0.0471. The Morgan fingerprint density at radius 3 is 0.671 bits per heavy atom. The lowest BCUT2D eigenvalue weighted by atomic mass is 9.91. The van der Waals surface area contributed by atoms with Gasteiger partial charge in [-0.25, -0.2) is 24.9 Å². The minimum Gasteiger partial charge on any atom is -0.351 e. The van der Waals surface area contributed by atoms with Crippen LogP contribution in [0.15, 0.2) is 116 Å². The third-order valence-corrected chi connectivity index (χ3v) is 28.6. The van der Waals surface area contributed by atoms with Crippen LogP contribution in [-0.4, -0.2) is 281 Å². The van der Waals surface area contributed by atoms with Crippen LogP contribution in [0.4, 0.5) is 29.7 Å². The number of pyridine rings is 1. The molecular formula is C110H169N31O5. The van der Waals surface area contributed by atoms with Gasteiger partial charge in [-0.05, 0) is 197 Å². The Balaban J connectivity index is 0.000000169. The predicted molar refractivity (Wildman–Crippen MR) is 592 cm³/mol.